The van der Waals surface area contributed by atoms with E-state index in [0.29, 0.717) is 10.7 Å². The Balaban J connectivity index is 2.12. The van der Waals surface area contributed by atoms with Crippen LogP contribution in [0.2, 0.25) is 0 Å². The third-order valence-electron chi connectivity index (χ3n) is 3.89. The van der Waals surface area contributed by atoms with Gasteiger partial charge < -0.3 is 19.5 Å². The summed E-state index contributed by atoms with van der Waals surface area (Å²) >= 11 is 5.45. The minimum absolute atomic E-state index is 0.378. The highest BCUT2D eigenvalue weighted by Gasteiger charge is 2.13. The zero-order chi connectivity index (χ0) is 16.8. The van der Waals surface area contributed by atoms with E-state index in [-0.39, 0.29) is 5.63 Å². The largest absolute Gasteiger partial charge is 0.423 e. The molecule has 0 unspecified atom stereocenters. The first-order chi connectivity index (χ1) is 11.1. The van der Waals surface area contributed by atoms with Crippen LogP contribution in [0.1, 0.15) is 13.8 Å². The smallest absolute Gasteiger partial charge is 0.338 e. The maximum atomic E-state index is 11.7. The van der Waals surface area contributed by atoms with Crippen LogP contribution in [0.3, 0.4) is 0 Å². The van der Waals surface area contributed by atoms with Gasteiger partial charge in [-0.15, -0.1) is 0 Å². The molecule has 1 aromatic heterocycles. The molecule has 0 radical (unpaired) electrons. The molecule has 1 aromatic carbocycles. The first kappa shape index (κ1) is 17.4. The lowest BCUT2D eigenvalue weighted by molar-refractivity contribution is 0.308. The molecule has 2 rings (SSSR count). The van der Waals surface area contributed by atoms with Gasteiger partial charge in [-0.1, -0.05) is 26.0 Å². The summed E-state index contributed by atoms with van der Waals surface area (Å²) in [6.07, 6.45) is 0. The van der Waals surface area contributed by atoms with Crippen LogP contribution in [0.15, 0.2) is 39.5 Å². The number of nitrogens with zero attached hydrogens (tertiary/aromatic N) is 2. The molecule has 0 atom stereocenters. The Morgan fingerprint density at radius 2 is 1.96 bits per heavy atom. The second-order valence-corrected chi connectivity index (χ2v) is 5.65. The summed E-state index contributed by atoms with van der Waals surface area (Å²) in [6, 6.07) is 8.93. The molecule has 2 aromatic rings. The third-order valence-corrected chi connectivity index (χ3v) is 4.31. The predicted molar refractivity (Wildman–Crippen MR) is 99.3 cm³/mol. The minimum atomic E-state index is -0.378. The Hall–Kier alpha value is -1.92. The van der Waals surface area contributed by atoms with Gasteiger partial charge in [0.1, 0.15) is 5.58 Å². The quantitative estimate of drug-likeness (QED) is 0.647. The predicted octanol–water partition coefficient (Wildman–Crippen LogP) is 2.45. The normalized spacial score (nSPS) is 11.0. The monoisotopic (exact) mass is 333 g/mol. The summed E-state index contributed by atoms with van der Waals surface area (Å²) in [5.41, 5.74) is 0.932. The number of hydrogen-bond acceptors (Lipinski definition) is 4. The van der Waals surface area contributed by atoms with E-state index < -0.39 is 0 Å². The van der Waals surface area contributed by atoms with Gasteiger partial charge in [-0.2, -0.15) is 0 Å². The fourth-order valence-electron chi connectivity index (χ4n) is 2.46. The van der Waals surface area contributed by atoms with Gasteiger partial charge in [-0.25, -0.2) is 4.79 Å². The highest BCUT2D eigenvalue weighted by molar-refractivity contribution is 7.80. The van der Waals surface area contributed by atoms with Gasteiger partial charge in [-0.05, 0) is 37.4 Å². The van der Waals surface area contributed by atoms with Crippen LogP contribution in [0.5, 0.6) is 0 Å². The highest BCUT2D eigenvalue weighted by Crippen LogP contribution is 2.23. The van der Waals surface area contributed by atoms with E-state index in [1.807, 2.05) is 30.1 Å². The van der Waals surface area contributed by atoms with Crippen molar-refractivity contribution >= 4 is 34.0 Å². The zero-order valence-corrected chi connectivity index (χ0v) is 14.7. The molecule has 0 aliphatic rings. The van der Waals surface area contributed by atoms with Crippen LogP contribution < -0.4 is 15.8 Å². The average Bonchev–Trinajstić information content (AvgIpc) is 2.57. The molecule has 0 aliphatic carbocycles. The highest BCUT2D eigenvalue weighted by atomic mass is 32.1. The second-order valence-electron chi connectivity index (χ2n) is 5.26. The lowest BCUT2D eigenvalue weighted by atomic mass is 10.2. The summed E-state index contributed by atoms with van der Waals surface area (Å²) in [5.74, 6) is 0. The van der Waals surface area contributed by atoms with Crippen molar-refractivity contribution < 1.29 is 4.42 Å². The Morgan fingerprint density at radius 3 is 2.65 bits per heavy atom. The fourth-order valence-corrected chi connectivity index (χ4v) is 2.66. The van der Waals surface area contributed by atoms with Gasteiger partial charge in [0.25, 0.3) is 0 Å². The Bertz CT molecular complexity index is 725. The van der Waals surface area contributed by atoms with Crippen LogP contribution in [-0.2, 0) is 0 Å². The summed E-state index contributed by atoms with van der Waals surface area (Å²) in [5, 5.41) is 4.70. The Labute approximate surface area is 141 Å². The molecule has 0 amide bonds. The van der Waals surface area contributed by atoms with Crippen molar-refractivity contribution in [2.24, 2.45) is 0 Å². The standard InChI is InChI=1S/C17H23N3O2S/c1-4-20(5-2)11-10-18-17(23)19(3)14-12-16(21)22-15-9-7-6-8-13(14)15/h6-9,12H,4-5,10-11H2,1-3H3,(H,18,23). The number of likely N-dealkylation sites (N-methyl/N-ethyl adjacent to an activating group) is 1. The second kappa shape index (κ2) is 8.08. The maximum Gasteiger partial charge on any atom is 0.338 e. The van der Waals surface area contributed by atoms with E-state index in [2.05, 4.69) is 24.1 Å². The first-order valence-electron chi connectivity index (χ1n) is 7.83. The summed E-state index contributed by atoms with van der Waals surface area (Å²) in [7, 11) is 1.86. The average molecular weight is 333 g/mol. The summed E-state index contributed by atoms with van der Waals surface area (Å²) in [6.45, 7) is 8.02. The molecule has 5 nitrogen and oxygen atoms in total. The number of anilines is 1. The number of rotatable bonds is 6. The number of fused-ring (bicyclic) bond motifs is 1. The number of para-hydroxylation sites is 1. The van der Waals surface area contributed by atoms with E-state index in [1.165, 1.54) is 6.07 Å². The minimum Gasteiger partial charge on any atom is -0.423 e. The van der Waals surface area contributed by atoms with Gasteiger partial charge in [0.2, 0.25) is 0 Å². The summed E-state index contributed by atoms with van der Waals surface area (Å²) < 4.78 is 5.22. The number of nitrogens with one attached hydrogen (secondary N) is 1. The number of benzene rings is 1. The van der Waals surface area contributed by atoms with Crippen molar-refractivity contribution in [3.63, 3.8) is 0 Å². The van der Waals surface area contributed by atoms with Crippen LogP contribution in [0, 0.1) is 0 Å². The van der Waals surface area contributed by atoms with E-state index >= 15 is 0 Å². The Kier molecular flexibility index (Phi) is 6.12. The van der Waals surface area contributed by atoms with Crippen molar-refractivity contribution in [3.05, 3.63) is 40.8 Å². The molecule has 1 heterocycles. The Morgan fingerprint density at radius 1 is 1.26 bits per heavy atom. The lowest BCUT2D eigenvalue weighted by Gasteiger charge is -2.24. The van der Waals surface area contributed by atoms with Gasteiger partial charge >= 0.3 is 5.63 Å². The third kappa shape index (κ3) is 4.30. The summed E-state index contributed by atoms with van der Waals surface area (Å²) in [4.78, 5) is 15.9. The van der Waals surface area contributed by atoms with Crippen molar-refractivity contribution in [2.75, 3.05) is 38.1 Å². The topological polar surface area (TPSA) is 48.7 Å². The molecule has 124 valence electrons. The van der Waals surface area contributed by atoms with E-state index in [1.54, 1.807) is 6.07 Å². The van der Waals surface area contributed by atoms with Crippen molar-refractivity contribution in [2.45, 2.75) is 13.8 Å². The zero-order valence-electron chi connectivity index (χ0n) is 13.8. The first-order valence-corrected chi connectivity index (χ1v) is 8.24. The molecule has 0 aliphatic heterocycles. The number of hydrogen-bond donors (Lipinski definition) is 1. The molecule has 23 heavy (non-hydrogen) atoms. The van der Waals surface area contributed by atoms with E-state index in [9.17, 15) is 4.79 Å². The molecular formula is C17H23N3O2S. The molecule has 0 saturated carbocycles. The molecule has 0 bridgehead atoms. The van der Waals surface area contributed by atoms with E-state index in [4.69, 9.17) is 16.6 Å². The molecule has 0 saturated heterocycles. The molecule has 0 spiro atoms. The van der Waals surface area contributed by atoms with Crippen LogP contribution in [0.4, 0.5) is 5.69 Å². The van der Waals surface area contributed by atoms with Crippen molar-refractivity contribution in [3.8, 4) is 0 Å². The van der Waals surface area contributed by atoms with Crippen LogP contribution >= 0.6 is 12.2 Å². The van der Waals surface area contributed by atoms with Gasteiger partial charge in [-0.3, -0.25) is 0 Å². The molecule has 6 heteroatoms. The molecule has 0 fully saturated rings. The van der Waals surface area contributed by atoms with Gasteiger partial charge in [0.15, 0.2) is 5.11 Å². The van der Waals surface area contributed by atoms with Crippen LogP contribution in [0.25, 0.3) is 11.0 Å². The van der Waals surface area contributed by atoms with Gasteiger partial charge in [0, 0.05) is 31.6 Å². The fraction of sp³-hybridized carbons (Fsp3) is 0.412. The molecular weight excluding hydrogens is 310 g/mol. The van der Waals surface area contributed by atoms with Crippen molar-refractivity contribution in [1.82, 2.24) is 10.2 Å². The van der Waals surface area contributed by atoms with E-state index in [0.717, 1.165) is 37.3 Å². The number of thiocarbonyl (C=S) groups is 1. The SMILES string of the molecule is CCN(CC)CCNC(=S)N(C)c1cc(=O)oc2ccccc12. The van der Waals surface area contributed by atoms with Crippen LogP contribution in [-0.4, -0.2) is 43.2 Å². The maximum absolute atomic E-state index is 11.7. The lowest BCUT2D eigenvalue weighted by Crippen LogP contribution is -2.41. The van der Waals surface area contributed by atoms with Gasteiger partial charge in [0.05, 0.1) is 5.69 Å². The van der Waals surface area contributed by atoms with Crippen molar-refractivity contribution in [1.29, 1.82) is 0 Å². The molecule has 1 N–H and O–H groups in total.